The largest absolute Gasteiger partial charge is 0.481 e. The van der Waals surface area contributed by atoms with Crippen molar-refractivity contribution in [2.75, 3.05) is 13.1 Å². The SMILES string of the molecule is CCC(CNC(=O)NCC1CCCC1C)C(=O)O. The van der Waals surface area contributed by atoms with Crippen LogP contribution in [0, 0.1) is 17.8 Å². The molecule has 3 N–H and O–H groups in total. The number of carbonyl (C=O) groups is 2. The summed E-state index contributed by atoms with van der Waals surface area (Å²) in [4.78, 5) is 22.3. The van der Waals surface area contributed by atoms with Crippen LogP contribution in [-0.2, 0) is 4.79 Å². The molecule has 0 spiro atoms. The van der Waals surface area contributed by atoms with Gasteiger partial charge in [-0.1, -0.05) is 26.7 Å². The number of rotatable bonds is 6. The Morgan fingerprint density at radius 2 is 2.06 bits per heavy atom. The highest BCUT2D eigenvalue weighted by atomic mass is 16.4. The van der Waals surface area contributed by atoms with Gasteiger partial charge in [0.05, 0.1) is 5.92 Å². The van der Waals surface area contributed by atoms with Crippen molar-refractivity contribution in [2.24, 2.45) is 17.8 Å². The van der Waals surface area contributed by atoms with E-state index in [1.165, 1.54) is 19.3 Å². The van der Waals surface area contributed by atoms with Gasteiger partial charge in [0.1, 0.15) is 0 Å². The monoisotopic (exact) mass is 256 g/mol. The van der Waals surface area contributed by atoms with E-state index < -0.39 is 11.9 Å². The lowest BCUT2D eigenvalue weighted by Gasteiger charge is -2.17. The molecule has 5 nitrogen and oxygen atoms in total. The van der Waals surface area contributed by atoms with Crippen molar-refractivity contribution in [1.29, 1.82) is 0 Å². The number of hydrogen-bond donors (Lipinski definition) is 3. The number of amides is 2. The zero-order chi connectivity index (χ0) is 13.5. The molecule has 0 saturated heterocycles. The summed E-state index contributed by atoms with van der Waals surface area (Å²) in [5.41, 5.74) is 0. The molecule has 5 heteroatoms. The molecule has 0 radical (unpaired) electrons. The summed E-state index contributed by atoms with van der Waals surface area (Å²) in [5, 5.41) is 14.3. The maximum atomic E-state index is 11.5. The first kappa shape index (κ1) is 14.8. The third-order valence-corrected chi connectivity index (χ3v) is 3.91. The number of urea groups is 1. The molecule has 0 aromatic heterocycles. The van der Waals surface area contributed by atoms with E-state index in [-0.39, 0.29) is 12.6 Å². The fraction of sp³-hybridized carbons (Fsp3) is 0.846. The molecule has 0 aromatic rings. The van der Waals surface area contributed by atoms with Crippen LogP contribution in [0.5, 0.6) is 0 Å². The Morgan fingerprint density at radius 3 is 2.56 bits per heavy atom. The van der Waals surface area contributed by atoms with Gasteiger partial charge in [-0.3, -0.25) is 4.79 Å². The van der Waals surface area contributed by atoms with Gasteiger partial charge < -0.3 is 15.7 Å². The lowest BCUT2D eigenvalue weighted by Crippen LogP contribution is -2.41. The smallest absolute Gasteiger partial charge is 0.314 e. The van der Waals surface area contributed by atoms with Crippen molar-refractivity contribution in [3.05, 3.63) is 0 Å². The number of aliphatic carboxylic acids is 1. The Hall–Kier alpha value is -1.26. The van der Waals surface area contributed by atoms with Gasteiger partial charge in [0.2, 0.25) is 0 Å². The molecule has 1 rings (SSSR count). The van der Waals surface area contributed by atoms with E-state index in [1.54, 1.807) is 6.92 Å². The van der Waals surface area contributed by atoms with E-state index in [0.717, 1.165) is 0 Å². The summed E-state index contributed by atoms with van der Waals surface area (Å²) < 4.78 is 0. The van der Waals surface area contributed by atoms with Crippen molar-refractivity contribution in [3.8, 4) is 0 Å². The van der Waals surface area contributed by atoms with Crippen molar-refractivity contribution < 1.29 is 14.7 Å². The van der Waals surface area contributed by atoms with E-state index in [1.807, 2.05) is 0 Å². The maximum absolute atomic E-state index is 11.5. The van der Waals surface area contributed by atoms with E-state index in [2.05, 4.69) is 17.6 Å². The molecule has 1 aliphatic rings. The Balaban J connectivity index is 2.19. The molecule has 104 valence electrons. The first-order valence-corrected chi connectivity index (χ1v) is 6.79. The van der Waals surface area contributed by atoms with Crippen LogP contribution in [0.3, 0.4) is 0 Å². The molecule has 0 bridgehead atoms. The van der Waals surface area contributed by atoms with Gasteiger partial charge in [0.15, 0.2) is 0 Å². The fourth-order valence-electron chi connectivity index (χ4n) is 2.43. The molecule has 18 heavy (non-hydrogen) atoms. The standard InChI is InChI=1S/C13H24N2O3/c1-3-10(12(16)17)7-14-13(18)15-8-11-6-4-5-9(11)2/h9-11H,3-8H2,1-2H3,(H,16,17)(H2,14,15,18). The minimum Gasteiger partial charge on any atom is -0.481 e. The summed E-state index contributed by atoms with van der Waals surface area (Å²) in [7, 11) is 0. The van der Waals surface area contributed by atoms with E-state index in [9.17, 15) is 9.59 Å². The van der Waals surface area contributed by atoms with Crippen molar-refractivity contribution in [3.63, 3.8) is 0 Å². The van der Waals surface area contributed by atoms with Gasteiger partial charge in [-0.15, -0.1) is 0 Å². The average molecular weight is 256 g/mol. The quantitative estimate of drug-likeness (QED) is 0.678. The summed E-state index contributed by atoms with van der Waals surface area (Å²) in [6.07, 6.45) is 4.18. The number of hydrogen-bond acceptors (Lipinski definition) is 2. The second kappa shape index (κ2) is 7.24. The summed E-state index contributed by atoms with van der Waals surface area (Å²) in [6, 6.07) is -0.256. The minimum absolute atomic E-state index is 0.192. The van der Waals surface area contributed by atoms with Crippen LogP contribution < -0.4 is 10.6 Å². The fourth-order valence-corrected chi connectivity index (χ4v) is 2.43. The molecule has 3 atom stereocenters. The number of nitrogens with one attached hydrogen (secondary N) is 2. The molecular weight excluding hydrogens is 232 g/mol. The van der Waals surface area contributed by atoms with Gasteiger partial charge in [-0.05, 0) is 24.7 Å². The van der Waals surface area contributed by atoms with Gasteiger partial charge in [0.25, 0.3) is 0 Å². The second-order valence-electron chi connectivity index (χ2n) is 5.20. The third kappa shape index (κ3) is 4.55. The molecule has 1 fully saturated rings. The van der Waals surface area contributed by atoms with Gasteiger partial charge in [-0.25, -0.2) is 4.79 Å². The number of carbonyl (C=O) groups excluding carboxylic acids is 1. The average Bonchev–Trinajstić information content (AvgIpc) is 2.72. The van der Waals surface area contributed by atoms with Crippen LogP contribution in [0.25, 0.3) is 0 Å². The highest BCUT2D eigenvalue weighted by Gasteiger charge is 2.23. The molecule has 3 unspecified atom stereocenters. The van der Waals surface area contributed by atoms with E-state index in [0.29, 0.717) is 24.8 Å². The van der Waals surface area contributed by atoms with Gasteiger partial charge in [-0.2, -0.15) is 0 Å². The molecule has 2 amide bonds. The zero-order valence-electron chi connectivity index (χ0n) is 11.2. The van der Waals surface area contributed by atoms with Crippen LogP contribution in [-0.4, -0.2) is 30.2 Å². The van der Waals surface area contributed by atoms with E-state index in [4.69, 9.17) is 5.11 Å². The molecular formula is C13H24N2O3. The normalized spacial score (nSPS) is 24.6. The summed E-state index contributed by atoms with van der Waals surface area (Å²) in [5.74, 6) is -0.117. The zero-order valence-corrected chi connectivity index (χ0v) is 11.2. The highest BCUT2D eigenvalue weighted by Crippen LogP contribution is 2.30. The maximum Gasteiger partial charge on any atom is 0.314 e. The van der Waals surface area contributed by atoms with Crippen LogP contribution >= 0.6 is 0 Å². The lowest BCUT2D eigenvalue weighted by molar-refractivity contribution is -0.141. The van der Waals surface area contributed by atoms with Crippen LogP contribution in [0.1, 0.15) is 39.5 Å². The van der Waals surface area contributed by atoms with Crippen molar-refractivity contribution in [1.82, 2.24) is 10.6 Å². The Kier molecular flexibility index (Phi) is 5.95. The van der Waals surface area contributed by atoms with Gasteiger partial charge >= 0.3 is 12.0 Å². The first-order chi connectivity index (χ1) is 8.54. The van der Waals surface area contributed by atoms with Crippen LogP contribution in [0.4, 0.5) is 4.79 Å². The molecule has 0 aliphatic heterocycles. The molecule has 1 aliphatic carbocycles. The minimum atomic E-state index is -0.859. The predicted octanol–water partition coefficient (Wildman–Crippen LogP) is 1.83. The lowest BCUT2D eigenvalue weighted by atomic mass is 9.98. The second-order valence-corrected chi connectivity index (χ2v) is 5.20. The Morgan fingerprint density at radius 1 is 1.33 bits per heavy atom. The topological polar surface area (TPSA) is 78.4 Å². The summed E-state index contributed by atoms with van der Waals surface area (Å²) >= 11 is 0. The summed E-state index contributed by atoms with van der Waals surface area (Å²) in [6.45, 7) is 4.90. The number of carboxylic acids is 1. The first-order valence-electron chi connectivity index (χ1n) is 6.79. The number of carboxylic acid groups (broad SMARTS) is 1. The Bertz CT molecular complexity index is 294. The highest BCUT2D eigenvalue weighted by molar-refractivity contribution is 5.75. The molecule has 0 heterocycles. The van der Waals surface area contributed by atoms with Crippen molar-refractivity contribution in [2.45, 2.75) is 39.5 Å². The predicted molar refractivity (Wildman–Crippen MR) is 69.3 cm³/mol. The van der Waals surface area contributed by atoms with Crippen LogP contribution in [0.15, 0.2) is 0 Å². The van der Waals surface area contributed by atoms with Crippen LogP contribution in [0.2, 0.25) is 0 Å². The third-order valence-electron chi connectivity index (χ3n) is 3.91. The van der Waals surface area contributed by atoms with Gasteiger partial charge in [0, 0.05) is 13.1 Å². The molecule has 0 aromatic carbocycles. The van der Waals surface area contributed by atoms with Crippen molar-refractivity contribution >= 4 is 12.0 Å². The molecule has 1 saturated carbocycles. The Labute approximate surface area is 108 Å². The van der Waals surface area contributed by atoms with E-state index >= 15 is 0 Å².